The molecule has 3 amide bonds. The summed E-state index contributed by atoms with van der Waals surface area (Å²) < 4.78 is 6.64. The zero-order valence-corrected chi connectivity index (χ0v) is 18.3. The molecule has 0 atom stereocenters. The van der Waals surface area contributed by atoms with Gasteiger partial charge in [0.15, 0.2) is 0 Å². The SMILES string of the molecule is O=C(Nc1ccc(Oc2cccc(Br)c2)nc1)C1CCN(C(=O)N2CCCC2)CC1. The summed E-state index contributed by atoms with van der Waals surface area (Å²) in [6.07, 6.45) is 5.14. The number of urea groups is 1. The van der Waals surface area contributed by atoms with E-state index in [1.54, 1.807) is 18.3 Å². The third-order valence-corrected chi connectivity index (χ3v) is 6.03. The highest BCUT2D eigenvalue weighted by molar-refractivity contribution is 9.10. The van der Waals surface area contributed by atoms with Crippen LogP contribution in [-0.2, 0) is 4.79 Å². The fourth-order valence-electron chi connectivity index (χ4n) is 3.85. The topological polar surface area (TPSA) is 74.8 Å². The van der Waals surface area contributed by atoms with Crippen LogP contribution in [0.2, 0.25) is 0 Å². The Hall–Kier alpha value is -2.61. The van der Waals surface area contributed by atoms with Crippen LogP contribution in [0, 0.1) is 5.92 Å². The number of rotatable bonds is 4. The number of amides is 3. The average molecular weight is 473 g/mol. The van der Waals surface area contributed by atoms with Crippen molar-refractivity contribution in [1.29, 1.82) is 0 Å². The molecule has 2 aliphatic rings. The first kappa shape index (κ1) is 20.7. The highest BCUT2D eigenvalue weighted by Crippen LogP contribution is 2.25. The summed E-state index contributed by atoms with van der Waals surface area (Å²) in [6, 6.07) is 11.2. The Kier molecular flexibility index (Phi) is 6.52. The van der Waals surface area contributed by atoms with Crippen LogP contribution in [0.5, 0.6) is 11.6 Å². The van der Waals surface area contributed by atoms with Gasteiger partial charge in [0.1, 0.15) is 5.75 Å². The first-order chi connectivity index (χ1) is 14.6. The predicted molar refractivity (Wildman–Crippen MR) is 118 cm³/mol. The zero-order valence-electron chi connectivity index (χ0n) is 16.7. The number of hydrogen-bond donors (Lipinski definition) is 1. The number of benzene rings is 1. The van der Waals surface area contributed by atoms with Gasteiger partial charge >= 0.3 is 6.03 Å². The van der Waals surface area contributed by atoms with Crippen LogP contribution >= 0.6 is 15.9 Å². The Morgan fingerprint density at radius 3 is 2.43 bits per heavy atom. The maximum atomic E-state index is 12.6. The zero-order chi connectivity index (χ0) is 20.9. The van der Waals surface area contributed by atoms with Gasteiger partial charge in [0.2, 0.25) is 11.8 Å². The van der Waals surface area contributed by atoms with Crippen molar-refractivity contribution in [2.45, 2.75) is 25.7 Å². The molecule has 7 nitrogen and oxygen atoms in total. The van der Waals surface area contributed by atoms with Crippen LogP contribution < -0.4 is 10.1 Å². The quantitative estimate of drug-likeness (QED) is 0.710. The van der Waals surface area contributed by atoms with Crippen molar-refractivity contribution in [1.82, 2.24) is 14.8 Å². The number of nitrogens with one attached hydrogen (secondary N) is 1. The molecular formula is C22H25BrN4O3. The third kappa shape index (κ3) is 5.11. The molecule has 0 bridgehead atoms. The Bertz CT molecular complexity index is 892. The van der Waals surface area contributed by atoms with Crippen molar-refractivity contribution >= 4 is 33.6 Å². The van der Waals surface area contributed by atoms with E-state index in [0.717, 1.165) is 30.4 Å². The van der Waals surface area contributed by atoms with Crippen LogP contribution in [0.15, 0.2) is 47.1 Å². The molecule has 30 heavy (non-hydrogen) atoms. The van der Waals surface area contributed by atoms with Crippen molar-refractivity contribution < 1.29 is 14.3 Å². The Balaban J connectivity index is 1.26. The van der Waals surface area contributed by atoms with Crippen LogP contribution in [0.4, 0.5) is 10.5 Å². The van der Waals surface area contributed by atoms with Gasteiger partial charge in [-0.3, -0.25) is 4.79 Å². The van der Waals surface area contributed by atoms with Crippen molar-refractivity contribution in [3.63, 3.8) is 0 Å². The van der Waals surface area contributed by atoms with Crippen LogP contribution in [0.3, 0.4) is 0 Å². The molecule has 2 aliphatic heterocycles. The number of aromatic nitrogens is 1. The molecule has 2 fully saturated rings. The molecule has 1 N–H and O–H groups in total. The molecule has 2 aromatic rings. The summed E-state index contributed by atoms with van der Waals surface area (Å²) >= 11 is 3.41. The molecule has 0 unspecified atom stereocenters. The fraction of sp³-hybridized carbons (Fsp3) is 0.409. The fourth-order valence-corrected chi connectivity index (χ4v) is 4.23. The van der Waals surface area contributed by atoms with Gasteiger partial charge < -0.3 is 19.9 Å². The van der Waals surface area contributed by atoms with Gasteiger partial charge in [-0.15, -0.1) is 0 Å². The molecule has 0 aliphatic carbocycles. The van der Waals surface area contributed by atoms with E-state index in [9.17, 15) is 9.59 Å². The normalized spacial score (nSPS) is 17.1. The highest BCUT2D eigenvalue weighted by atomic mass is 79.9. The van der Waals surface area contributed by atoms with Crippen molar-refractivity contribution in [3.8, 4) is 11.6 Å². The molecule has 2 saturated heterocycles. The second kappa shape index (κ2) is 9.47. The van der Waals surface area contributed by atoms with Gasteiger partial charge in [0.05, 0.1) is 11.9 Å². The van der Waals surface area contributed by atoms with Gasteiger partial charge in [0, 0.05) is 42.6 Å². The van der Waals surface area contributed by atoms with E-state index in [4.69, 9.17) is 4.74 Å². The van der Waals surface area contributed by atoms with Crippen LogP contribution in [-0.4, -0.2) is 52.9 Å². The number of carbonyl (C=O) groups is 2. The number of ether oxygens (including phenoxy) is 1. The molecule has 1 aromatic carbocycles. The largest absolute Gasteiger partial charge is 0.439 e. The lowest BCUT2D eigenvalue weighted by Crippen LogP contribution is -2.47. The standard InChI is InChI=1S/C22H25BrN4O3/c23-17-4-3-5-19(14-17)30-20-7-6-18(15-24-20)25-21(28)16-8-12-27(13-9-16)22(29)26-10-1-2-11-26/h3-7,14-16H,1-2,8-13H2,(H,25,28). The molecule has 8 heteroatoms. The molecular weight excluding hydrogens is 448 g/mol. The van der Waals surface area contributed by atoms with Gasteiger partial charge in [-0.2, -0.15) is 0 Å². The summed E-state index contributed by atoms with van der Waals surface area (Å²) in [5.74, 6) is 1.03. The number of carbonyl (C=O) groups excluding carboxylic acids is 2. The second-order valence-corrected chi connectivity index (χ2v) is 8.59. The number of hydrogen-bond acceptors (Lipinski definition) is 4. The Morgan fingerprint density at radius 2 is 1.77 bits per heavy atom. The van der Waals surface area contributed by atoms with Gasteiger partial charge in [0.25, 0.3) is 0 Å². The Morgan fingerprint density at radius 1 is 1.03 bits per heavy atom. The molecule has 158 valence electrons. The summed E-state index contributed by atoms with van der Waals surface area (Å²) in [5.41, 5.74) is 0.636. The smallest absolute Gasteiger partial charge is 0.319 e. The van der Waals surface area contributed by atoms with E-state index in [1.165, 1.54) is 0 Å². The molecule has 4 rings (SSSR count). The van der Waals surface area contributed by atoms with E-state index in [2.05, 4.69) is 26.2 Å². The first-order valence-electron chi connectivity index (χ1n) is 10.3. The molecule has 1 aromatic heterocycles. The Labute approximate surface area is 184 Å². The molecule has 0 spiro atoms. The lowest BCUT2D eigenvalue weighted by Gasteiger charge is -2.34. The summed E-state index contributed by atoms with van der Waals surface area (Å²) in [4.78, 5) is 33.2. The van der Waals surface area contributed by atoms with Crippen molar-refractivity contribution in [3.05, 3.63) is 47.1 Å². The van der Waals surface area contributed by atoms with Gasteiger partial charge in [-0.05, 0) is 49.9 Å². The number of anilines is 1. The number of halogens is 1. The van der Waals surface area contributed by atoms with E-state index in [1.807, 2.05) is 34.1 Å². The van der Waals surface area contributed by atoms with Gasteiger partial charge in [-0.1, -0.05) is 22.0 Å². The summed E-state index contributed by atoms with van der Waals surface area (Å²) in [7, 11) is 0. The lowest BCUT2D eigenvalue weighted by molar-refractivity contribution is -0.121. The average Bonchev–Trinajstić information content (AvgIpc) is 3.30. The maximum Gasteiger partial charge on any atom is 0.319 e. The first-order valence-corrected chi connectivity index (χ1v) is 11.1. The lowest BCUT2D eigenvalue weighted by atomic mass is 9.96. The van der Waals surface area contributed by atoms with Crippen molar-refractivity contribution in [2.75, 3.05) is 31.5 Å². The van der Waals surface area contributed by atoms with Crippen LogP contribution in [0.25, 0.3) is 0 Å². The molecule has 0 radical (unpaired) electrons. The minimum absolute atomic E-state index is 0.0225. The summed E-state index contributed by atoms with van der Waals surface area (Å²) in [5, 5.41) is 2.93. The van der Waals surface area contributed by atoms with E-state index in [-0.39, 0.29) is 17.9 Å². The molecule has 0 saturated carbocycles. The third-order valence-electron chi connectivity index (χ3n) is 5.54. The van der Waals surface area contributed by atoms with Crippen molar-refractivity contribution in [2.24, 2.45) is 5.92 Å². The van der Waals surface area contributed by atoms with Crippen LogP contribution in [0.1, 0.15) is 25.7 Å². The minimum atomic E-state index is -0.0924. The number of piperidine rings is 1. The van der Waals surface area contributed by atoms with E-state index >= 15 is 0 Å². The number of pyridine rings is 1. The molecule has 3 heterocycles. The minimum Gasteiger partial charge on any atom is -0.439 e. The van der Waals surface area contributed by atoms with Gasteiger partial charge in [-0.25, -0.2) is 9.78 Å². The van der Waals surface area contributed by atoms with E-state index in [0.29, 0.717) is 43.2 Å². The second-order valence-electron chi connectivity index (χ2n) is 7.67. The summed E-state index contributed by atoms with van der Waals surface area (Å²) in [6.45, 7) is 2.97. The van der Waals surface area contributed by atoms with E-state index < -0.39 is 0 Å². The number of likely N-dealkylation sites (tertiary alicyclic amines) is 2. The number of nitrogens with zero attached hydrogens (tertiary/aromatic N) is 3. The monoisotopic (exact) mass is 472 g/mol. The highest BCUT2D eigenvalue weighted by Gasteiger charge is 2.30. The predicted octanol–water partition coefficient (Wildman–Crippen LogP) is 4.50. The maximum absolute atomic E-state index is 12.6.